The molecule has 126 valence electrons. The fourth-order valence-corrected chi connectivity index (χ4v) is 2.02. The molecule has 6 nitrogen and oxygen atoms in total. The predicted octanol–water partition coefficient (Wildman–Crippen LogP) is 2.98. The lowest BCUT2D eigenvalue weighted by molar-refractivity contribution is -0.125. The zero-order chi connectivity index (χ0) is 17.2. The second-order valence-corrected chi connectivity index (χ2v) is 5.06. The molecule has 0 atom stereocenters. The Kier molecular flexibility index (Phi) is 6.79. The highest BCUT2D eigenvalue weighted by atomic mass is 16.5. The summed E-state index contributed by atoms with van der Waals surface area (Å²) in [6.45, 7) is 2.77. The van der Waals surface area contributed by atoms with E-state index < -0.39 is 0 Å². The van der Waals surface area contributed by atoms with Gasteiger partial charge >= 0.3 is 6.03 Å². The molecule has 3 N–H and O–H groups in total. The number of para-hydroxylation sites is 1. The first-order valence-corrected chi connectivity index (χ1v) is 7.74. The number of rotatable bonds is 7. The molecule has 0 heterocycles. The minimum absolute atomic E-state index is 0.0495. The van der Waals surface area contributed by atoms with Crippen LogP contribution >= 0.6 is 0 Å². The summed E-state index contributed by atoms with van der Waals surface area (Å²) in [4.78, 5) is 23.5. The molecule has 0 aliphatic heterocycles. The fourth-order valence-electron chi connectivity index (χ4n) is 2.02. The molecule has 0 saturated heterocycles. The van der Waals surface area contributed by atoms with Crippen LogP contribution in [-0.4, -0.2) is 25.2 Å². The van der Waals surface area contributed by atoms with E-state index in [-0.39, 0.29) is 18.5 Å². The number of benzene rings is 2. The molecule has 0 spiro atoms. The number of ether oxygens (including phenoxy) is 1. The van der Waals surface area contributed by atoms with Crippen molar-refractivity contribution in [3.63, 3.8) is 0 Å². The van der Waals surface area contributed by atoms with E-state index in [0.29, 0.717) is 24.5 Å². The van der Waals surface area contributed by atoms with Gasteiger partial charge in [-0.3, -0.25) is 4.79 Å². The lowest BCUT2D eigenvalue weighted by Crippen LogP contribution is -2.27. The maximum atomic E-state index is 12.0. The number of carbonyl (C=O) groups excluding carboxylic acids is 2. The molecule has 0 unspecified atom stereocenters. The first-order valence-electron chi connectivity index (χ1n) is 7.74. The lowest BCUT2D eigenvalue weighted by Gasteiger charge is -2.10. The molecule has 0 aliphatic carbocycles. The Balaban J connectivity index is 1.85. The van der Waals surface area contributed by atoms with E-state index in [9.17, 15) is 9.59 Å². The quantitative estimate of drug-likeness (QED) is 0.731. The monoisotopic (exact) mass is 327 g/mol. The van der Waals surface area contributed by atoms with Crippen LogP contribution in [0.4, 0.5) is 16.2 Å². The summed E-state index contributed by atoms with van der Waals surface area (Å²) in [5.74, 6) is -0.169. The van der Waals surface area contributed by atoms with Crippen LogP contribution in [0.1, 0.15) is 12.5 Å². The maximum absolute atomic E-state index is 12.0. The van der Waals surface area contributed by atoms with Crippen LogP contribution in [0.5, 0.6) is 0 Å². The summed E-state index contributed by atoms with van der Waals surface area (Å²) in [5, 5.41) is 8.27. The number of carbonyl (C=O) groups is 2. The molecule has 0 saturated carbocycles. The highest BCUT2D eigenvalue weighted by Gasteiger charge is 2.04. The molecular weight excluding hydrogens is 306 g/mol. The van der Waals surface area contributed by atoms with E-state index in [2.05, 4.69) is 16.0 Å². The zero-order valence-corrected chi connectivity index (χ0v) is 13.5. The van der Waals surface area contributed by atoms with Gasteiger partial charge in [0.1, 0.15) is 6.61 Å². The minimum atomic E-state index is -0.321. The van der Waals surface area contributed by atoms with Gasteiger partial charge < -0.3 is 20.7 Å². The lowest BCUT2D eigenvalue weighted by atomic mass is 10.2. The van der Waals surface area contributed by atoms with Crippen LogP contribution in [0.25, 0.3) is 0 Å². The molecule has 2 aromatic carbocycles. The van der Waals surface area contributed by atoms with E-state index in [1.54, 1.807) is 6.07 Å². The van der Waals surface area contributed by atoms with E-state index >= 15 is 0 Å². The second-order valence-electron chi connectivity index (χ2n) is 5.06. The Labute approximate surface area is 141 Å². The zero-order valence-electron chi connectivity index (χ0n) is 13.5. The minimum Gasteiger partial charge on any atom is -0.372 e. The van der Waals surface area contributed by atoms with Gasteiger partial charge in [-0.05, 0) is 36.8 Å². The van der Waals surface area contributed by atoms with Crippen LogP contribution in [0.15, 0.2) is 54.6 Å². The average molecular weight is 327 g/mol. The first kappa shape index (κ1) is 17.5. The molecule has 24 heavy (non-hydrogen) atoms. The van der Waals surface area contributed by atoms with E-state index in [1.165, 1.54) is 0 Å². The number of urea groups is 1. The Morgan fingerprint density at radius 3 is 2.42 bits per heavy atom. The highest BCUT2D eigenvalue weighted by molar-refractivity contribution is 5.99. The normalized spacial score (nSPS) is 10.0. The van der Waals surface area contributed by atoms with Crippen LogP contribution in [0, 0.1) is 0 Å². The molecule has 0 aromatic heterocycles. The summed E-state index contributed by atoms with van der Waals surface area (Å²) < 4.78 is 5.04. The number of amides is 3. The van der Waals surface area contributed by atoms with E-state index in [0.717, 1.165) is 5.56 Å². The smallest absolute Gasteiger partial charge is 0.323 e. The van der Waals surface area contributed by atoms with Crippen molar-refractivity contribution in [1.82, 2.24) is 5.32 Å². The third-order valence-electron chi connectivity index (χ3n) is 3.14. The van der Waals surface area contributed by atoms with Crippen molar-refractivity contribution < 1.29 is 14.3 Å². The Morgan fingerprint density at radius 2 is 1.67 bits per heavy atom. The summed E-state index contributed by atoms with van der Waals surface area (Å²) in [6, 6.07) is 16.2. The van der Waals surface area contributed by atoms with Gasteiger partial charge in [-0.2, -0.15) is 0 Å². The topological polar surface area (TPSA) is 79.5 Å². The van der Waals surface area contributed by atoms with Crippen molar-refractivity contribution in [3.8, 4) is 0 Å². The van der Waals surface area contributed by atoms with Crippen LogP contribution in [-0.2, 0) is 16.1 Å². The third kappa shape index (κ3) is 6.10. The standard InChI is InChI=1S/C18H21N3O3/c1-2-24-13-17(22)19-12-14-7-6-10-16(11-14)21-18(23)20-15-8-4-3-5-9-15/h3-11H,2,12-13H2,1H3,(H,19,22)(H2,20,21,23). The average Bonchev–Trinajstić information content (AvgIpc) is 2.59. The number of hydrogen-bond acceptors (Lipinski definition) is 3. The van der Waals surface area contributed by atoms with Crippen LogP contribution in [0.2, 0.25) is 0 Å². The molecule has 0 bridgehead atoms. The first-order chi connectivity index (χ1) is 11.7. The second kappa shape index (κ2) is 9.32. The molecular formula is C18H21N3O3. The molecule has 0 fully saturated rings. The van der Waals surface area contributed by atoms with Crippen molar-refractivity contribution >= 4 is 23.3 Å². The summed E-state index contributed by atoms with van der Waals surface area (Å²) >= 11 is 0. The largest absolute Gasteiger partial charge is 0.372 e. The number of anilines is 2. The van der Waals surface area contributed by atoms with Gasteiger partial charge in [-0.1, -0.05) is 30.3 Å². The van der Waals surface area contributed by atoms with Gasteiger partial charge in [-0.25, -0.2) is 4.79 Å². The van der Waals surface area contributed by atoms with Crippen molar-refractivity contribution in [1.29, 1.82) is 0 Å². The molecule has 0 radical (unpaired) electrons. The molecule has 2 aromatic rings. The number of nitrogens with one attached hydrogen (secondary N) is 3. The van der Waals surface area contributed by atoms with Gasteiger partial charge in [0.15, 0.2) is 0 Å². The van der Waals surface area contributed by atoms with Crippen LogP contribution in [0.3, 0.4) is 0 Å². The SMILES string of the molecule is CCOCC(=O)NCc1cccc(NC(=O)Nc2ccccc2)c1. The molecule has 6 heteroatoms. The Bertz CT molecular complexity index is 674. The molecule has 0 aliphatic rings. The Hall–Kier alpha value is -2.86. The molecule has 2 rings (SSSR count). The molecule has 3 amide bonds. The van der Waals surface area contributed by atoms with Crippen molar-refractivity contribution in [2.75, 3.05) is 23.8 Å². The Morgan fingerprint density at radius 1 is 0.958 bits per heavy atom. The highest BCUT2D eigenvalue weighted by Crippen LogP contribution is 2.12. The van der Waals surface area contributed by atoms with Crippen LogP contribution < -0.4 is 16.0 Å². The van der Waals surface area contributed by atoms with E-state index in [1.807, 2.05) is 55.5 Å². The van der Waals surface area contributed by atoms with Gasteiger partial charge in [0.05, 0.1) is 0 Å². The van der Waals surface area contributed by atoms with Gasteiger partial charge in [0.25, 0.3) is 0 Å². The predicted molar refractivity (Wildman–Crippen MR) is 93.9 cm³/mol. The van der Waals surface area contributed by atoms with Crippen molar-refractivity contribution in [2.24, 2.45) is 0 Å². The van der Waals surface area contributed by atoms with Gasteiger partial charge in [0, 0.05) is 24.5 Å². The van der Waals surface area contributed by atoms with Gasteiger partial charge in [0.2, 0.25) is 5.91 Å². The summed E-state index contributed by atoms with van der Waals surface area (Å²) in [7, 11) is 0. The van der Waals surface area contributed by atoms with Crippen molar-refractivity contribution in [2.45, 2.75) is 13.5 Å². The van der Waals surface area contributed by atoms with Crippen molar-refractivity contribution in [3.05, 3.63) is 60.2 Å². The maximum Gasteiger partial charge on any atom is 0.323 e. The van der Waals surface area contributed by atoms with E-state index in [4.69, 9.17) is 4.74 Å². The summed E-state index contributed by atoms with van der Waals surface area (Å²) in [6.07, 6.45) is 0. The number of hydrogen-bond donors (Lipinski definition) is 3. The summed E-state index contributed by atoms with van der Waals surface area (Å²) in [5.41, 5.74) is 2.26. The van der Waals surface area contributed by atoms with Gasteiger partial charge in [-0.15, -0.1) is 0 Å². The fraction of sp³-hybridized carbons (Fsp3) is 0.222. The third-order valence-corrected chi connectivity index (χ3v) is 3.14.